The van der Waals surface area contributed by atoms with E-state index in [1.54, 1.807) is 14.2 Å². The summed E-state index contributed by atoms with van der Waals surface area (Å²) >= 11 is 0. The van der Waals surface area contributed by atoms with E-state index in [2.05, 4.69) is 33.9 Å². The van der Waals surface area contributed by atoms with E-state index in [9.17, 15) is 0 Å². The maximum absolute atomic E-state index is 5.47. The summed E-state index contributed by atoms with van der Waals surface area (Å²) in [6.07, 6.45) is 8.88. The van der Waals surface area contributed by atoms with Crippen LogP contribution in [0.15, 0.2) is 30.6 Å². The molecule has 5 heteroatoms. The van der Waals surface area contributed by atoms with Crippen LogP contribution in [0.2, 0.25) is 0 Å². The van der Waals surface area contributed by atoms with Gasteiger partial charge in [0.1, 0.15) is 17.3 Å². The summed E-state index contributed by atoms with van der Waals surface area (Å²) in [7, 11) is 5.41. The van der Waals surface area contributed by atoms with Gasteiger partial charge in [0.15, 0.2) is 0 Å². The lowest BCUT2D eigenvalue weighted by Crippen LogP contribution is -2.37. The molecular weight excluding hydrogens is 314 g/mol. The second-order valence-corrected chi connectivity index (χ2v) is 7.11. The third-order valence-corrected chi connectivity index (χ3v) is 5.16. The van der Waals surface area contributed by atoms with Crippen LogP contribution in [-0.4, -0.2) is 29.8 Å². The zero-order chi connectivity index (χ0) is 17.8. The van der Waals surface area contributed by atoms with Crippen LogP contribution in [0, 0.1) is 5.92 Å². The summed E-state index contributed by atoms with van der Waals surface area (Å²) in [6.45, 7) is 2.35. The van der Waals surface area contributed by atoms with Gasteiger partial charge in [0, 0.05) is 31.5 Å². The minimum Gasteiger partial charge on any atom is -0.497 e. The molecule has 1 heterocycles. The number of hydrogen-bond donors (Lipinski definition) is 1. The van der Waals surface area contributed by atoms with Gasteiger partial charge in [-0.3, -0.25) is 0 Å². The highest BCUT2D eigenvalue weighted by Gasteiger charge is 2.26. The fourth-order valence-electron chi connectivity index (χ4n) is 3.79. The molecule has 0 spiro atoms. The van der Waals surface area contributed by atoms with Gasteiger partial charge in [-0.2, -0.15) is 0 Å². The molecule has 5 nitrogen and oxygen atoms in total. The van der Waals surface area contributed by atoms with Crippen molar-refractivity contribution in [2.75, 3.05) is 14.2 Å². The Bertz CT molecular complexity index is 676. The Kier molecular flexibility index (Phi) is 5.63. The van der Waals surface area contributed by atoms with Crippen molar-refractivity contribution in [3.63, 3.8) is 0 Å². The van der Waals surface area contributed by atoms with Crippen LogP contribution in [0.4, 0.5) is 0 Å². The maximum atomic E-state index is 5.47. The number of benzene rings is 1. The first-order valence-corrected chi connectivity index (χ1v) is 9.07. The second-order valence-electron chi connectivity index (χ2n) is 7.11. The molecule has 1 aliphatic carbocycles. The molecule has 0 bridgehead atoms. The van der Waals surface area contributed by atoms with Gasteiger partial charge in [0.25, 0.3) is 0 Å². The van der Waals surface area contributed by atoms with E-state index < -0.39 is 0 Å². The van der Waals surface area contributed by atoms with Gasteiger partial charge in [0.05, 0.1) is 20.3 Å². The monoisotopic (exact) mass is 343 g/mol. The van der Waals surface area contributed by atoms with Crippen LogP contribution in [-0.2, 0) is 7.05 Å². The van der Waals surface area contributed by atoms with Crippen molar-refractivity contribution >= 4 is 0 Å². The summed E-state index contributed by atoms with van der Waals surface area (Å²) in [6, 6.07) is 6.56. The number of ether oxygens (including phenoxy) is 2. The predicted molar refractivity (Wildman–Crippen MR) is 99.2 cm³/mol. The lowest BCUT2D eigenvalue weighted by Gasteiger charge is -2.31. The number of nitrogens with zero attached hydrogens (tertiary/aromatic N) is 2. The van der Waals surface area contributed by atoms with E-state index in [0.717, 1.165) is 28.8 Å². The molecule has 25 heavy (non-hydrogen) atoms. The molecule has 0 aliphatic heterocycles. The number of aromatic nitrogens is 2. The first-order chi connectivity index (χ1) is 12.1. The predicted octanol–water partition coefficient (Wildman–Crippen LogP) is 3.70. The van der Waals surface area contributed by atoms with E-state index in [1.165, 1.54) is 25.7 Å². The highest BCUT2D eigenvalue weighted by atomic mass is 16.5. The lowest BCUT2D eigenvalue weighted by molar-refractivity contribution is 0.286. The molecule has 2 aromatic rings. The van der Waals surface area contributed by atoms with Crippen molar-refractivity contribution in [3.8, 4) is 11.5 Å². The van der Waals surface area contributed by atoms with Crippen molar-refractivity contribution in [1.29, 1.82) is 0 Å². The normalized spacial score (nSPS) is 21.8. The van der Waals surface area contributed by atoms with Crippen LogP contribution >= 0.6 is 0 Å². The number of rotatable bonds is 6. The molecule has 1 saturated carbocycles. The maximum Gasteiger partial charge on any atom is 0.130 e. The van der Waals surface area contributed by atoms with Gasteiger partial charge in [-0.15, -0.1) is 0 Å². The Labute approximate surface area is 150 Å². The standard InChI is InChI=1S/C20H29N3O2/c1-14-6-5-7-16(10-14)22-19(20-21-8-9-23(20)2)15-11-17(24-3)13-18(12-15)25-4/h8-9,11-14,16,19,22H,5-7,10H2,1-4H3. The smallest absolute Gasteiger partial charge is 0.130 e. The van der Waals surface area contributed by atoms with Crippen LogP contribution in [0.1, 0.15) is 50.0 Å². The number of aryl methyl sites for hydroxylation is 1. The largest absolute Gasteiger partial charge is 0.497 e. The van der Waals surface area contributed by atoms with Crippen LogP contribution in [0.5, 0.6) is 11.5 Å². The molecule has 1 fully saturated rings. The Morgan fingerprint density at radius 2 is 1.88 bits per heavy atom. The summed E-state index contributed by atoms with van der Waals surface area (Å²) in [5, 5.41) is 3.85. The van der Waals surface area contributed by atoms with Crippen molar-refractivity contribution in [3.05, 3.63) is 42.0 Å². The van der Waals surface area contributed by atoms with Crippen LogP contribution in [0.25, 0.3) is 0 Å². The summed E-state index contributed by atoms with van der Waals surface area (Å²) in [5.41, 5.74) is 1.11. The molecule has 0 saturated heterocycles. The third-order valence-electron chi connectivity index (χ3n) is 5.16. The fraction of sp³-hybridized carbons (Fsp3) is 0.550. The van der Waals surface area contributed by atoms with Gasteiger partial charge < -0.3 is 19.4 Å². The second kappa shape index (κ2) is 7.91. The third kappa shape index (κ3) is 4.15. The SMILES string of the molecule is COc1cc(OC)cc(C(NC2CCCC(C)C2)c2nccn2C)c1. The molecule has 136 valence electrons. The van der Waals surface area contributed by atoms with Crippen molar-refractivity contribution in [1.82, 2.24) is 14.9 Å². The first kappa shape index (κ1) is 17.8. The summed E-state index contributed by atoms with van der Waals surface area (Å²) in [4.78, 5) is 4.61. The minimum atomic E-state index is 0.0132. The van der Waals surface area contributed by atoms with Crippen LogP contribution < -0.4 is 14.8 Å². The van der Waals surface area contributed by atoms with E-state index in [4.69, 9.17) is 9.47 Å². The molecule has 1 aromatic heterocycles. The van der Waals surface area contributed by atoms with E-state index in [-0.39, 0.29) is 6.04 Å². The van der Waals surface area contributed by atoms with Gasteiger partial charge in [-0.05, 0) is 36.5 Å². The van der Waals surface area contributed by atoms with E-state index in [0.29, 0.717) is 6.04 Å². The van der Waals surface area contributed by atoms with Gasteiger partial charge >= 0.3 is 0 Å². The summed E-state index contributed by atoms with van der Waals surface area (Å²) in [5.74, 6) is 3.38. The minimum absolute atomic E-state index is 0.0132. The van der Waals surface area contributed by atoms with E-state index in [1.807, 2.05) is 25.5 Å². The molecule has 1 aliphatic rings. The highest BCUT2D eigenvalue weighted by Crippen LogP contribution is 2.32. The molecule has 3 atom stereocenters. The topological polar surface area (TPSA) is 48.3 Å². The first-order valence-electron chi connectivity index (χ1n) is 9.07. The van der Waals surface area contributed by atoms with Crippen molar-refractivity contribution < 1.29 is 9.47 Å². The molecular formula is C20H29N3O2. The zero-order valence-corrected chi connectivity index (χ0v) is 15.7. The Balaban J connectivity index is 1.95. The summed E-state index contributed by atoms with van der Waals surface area (Å²) < 4.78 is 13.0. The highest BCUT2D eigenvalue weighted by molar-refractivity contribution is 5.41. The molecule has 1 N–H and O–H groups in total. The number of imidazole rings is 1. The molecule has 3 rings (SSSR count). The van der Waals surface area contributed by atoms with Crippen molar-refractivity contribution in [2.45, 2.75) is 44.7 Å². The van der Waals surface area contributed by atoms with Gasteiger partial charge in [-0.1, -0.05) is 19.8 Å². The fourth-order valence-corrected chi connectivity index (χ4v) is 3.79. The Morgan fingerprint density at radius 1 is 1.16 bits per heavy atom. The molecule has 0 amide bonds. The van der Waals surface area contributed by atoms with Crippen LogP contribution in [0.3, 0.4) is 0 Å². The molecule has 0 radical (unpaired) electrons. The average molecular weight is 343 g/mol. The Morgan fingerprint density at radius 3 is 2.44 bits per heavy atom. The lowest BCUT2D eigenvalue weighted by atomic mass is 9.86. The van der Waals surface area contributed by atoms with Gasteiger partial charge in [0.2, 0.25) is 0 Å². The number of hydrogen-bond acceptors (Lipinski definition) is 4. The number of nitrogens with one attached hydrogen (secondary N) is 1. The van der Waals surface area contributed by atoms with E-state index >= 15 is 0 Å². The van der Waals surface area contributed by atoms with Gasteiger partial charge in [-0.25, -0.2) is 4.98 Å². The Hall–Kier alpha value is -2.01. The quantitative estimate of drug-likeness (QED) is 0.869. The number of methoxy groups -OCH3 is 2. The van der Waals surface area contributed by atoms with Crippen molar-refractivity contribution in [2.24, 2.45) is 13.0 Å². The average Bonchev–Trinajstić information content (AvgIpc) is 3.05. The molecule has 1 aromatic carbocycles. The molecule has 3 unspecified atom stereocenters. The zero-order valence-electron chi connectivity index (χ0n) is 15.7.